The van der Waals surface area contributed by atoms with Gasteiger partial charge in [-0.1, -0.05) is 0 Å². The van der Waals surface area contributed by atoms with E-state index in [9.17, 15) is 0 Å². The molecule has 0 rings (SSSR count). The molecule has 0 aliphatic rings. The quantitative estimate of drug-likeness (QED) is 0.395. The van der Waals surface area contributed by atoms with Crippen LogP contribution in [0.4, 0.5) is 0 Å². The Morgan fingerprint density at radius 3 is 0.727 bits per heavy atom. The van der Waals surface area contributed by atoms with Gasteiger partial charge in [-0.2, -0.15) is 0 Å². The van der Waals surface area contributed by atoms with Crippen LogP contribution in [-0.2, 0) is 24.7 Å². The van der Waals surface area contributed by atoms with Crippen LogP contribution in [-0.4, -0.2) is 40.7 Å². The van der Waals surface area contributed by atoms with Gasteiger partial charge in [-0.05, 0) is 0 Å². The van der Waals surface area contributed by atoms with Crippen molar-refractivity contribution in [2.45, 2.75) is 0 Å². The summed E-state index contributed by atoms with van der Waals surface area (Å²) in [6.45, 7) is 0. The van der Waals surface area contributed by atoms with E-state index >= 15 is 0 Å². The van der Waals surface area contributed by atoms with E-state index in [0.29, 0.717) is 0 Å². The zero-order valence-corrected chi connectivity index (χ0v) is 7.50. The van der Waals surface area contributed by atoms with Crippen LogP contribution >= 0.6 is 0 Å². The van der Waals surface area contributed by atoms with Crippen LogP contribution < -0.4 is 8.38 Å². The Hall–Kier alpha value is 0.359. The zero-order chi connectivity index (χ0) is 4.50. The van der Waals surface area contributed by atoms with Gasteiger partial charge in [0.05, 0.1) is 0 Å². The normalized spacial score (nSPS) is 5.27. The molecule has 10 N–H and O–H groups in total. The first-order valence-corrected chi connectivity index (χ1v) is 3.46. The summed E-state index contributed by atoms with van der Waals surface area (Å²) >= 11 is -5.75. The molecular formula is H10CuO9Se. The largest absolute Gasteiger partial charge is 2.00 e. The molecule has 0 bridgehead atoms. The number of hydrogen-bond acceptors (Lipinski definition) is 4. The molecule has 0 saturated heterocycles. The molecule has 0 spiro atoms. The first kappa shape index (κ1) is 64.2. The van der Waals surface area contributed by atoms with Crippen molar-refractivity contribution in [2.24, 2.45) is 0 Å². The van der Waals surface area contributed by atoms with Crippen molar-refractivity contribution in [3.63, 3.8) is 0 Å². The fourth-order valence-corrected chi connectivity index (χ4v) is 0. The molecule has 0 unspecified atom stereocenters. The Bertz CT molecular complexity index is 92.7. The van der Waals surface area contributed by atoms with Crippen LogP contribution in [0.15, 0.2) is 0 Å². The summed E-state index contributed by atoms with van der Waals surface area (Å²) in [6.07, 6.45) is 0. The molecule has 0 aromatic carbocycles. The van der Waals surface area contributed by atoms with Crippen molar-refractivity contribution in [3.05, 3.63) is 0 Å². The maximum atomic E-state index is 8.59. The van der Waals surface area contributed by atoms with Crippen molar-refractivity contribution in [3.8, 4) is 0 Å². The van der Waals surface area contributed by atoms with E-state index in [2.05, 4.69) is 0 Å². The third-order valence-corrected chi connectivity index (χ3v) is 0. The Kier molecular flexibility index (Phi) is 131. The molecule has 0 atom stereocenters. The van der Waals surface area contributed by atoms with Gasteiger partial charge in [0, 0.05) is 0 Å². The molecule has 0 amide bonds. The van der Waals surface area contributed by atoms with E-state index in [1.54, 1.807) is 0 Å². The zero-order valence-electron chi connectivity index (χ0n) is 4.84. The summed E-state index contributed by atoms with van der Waals surface area (Å²) in [6, 6.07) is 0. The second-order valence-electron chi connectivity index (χ2n) is 0.408. The van der Waals surface area contributed by atoms with Gasteiger partial charge >= 0.3 is 46.5 Å². The fourth-order valence-electron chi connectivity index (χ4n) is 0. The Morgan fingerprint density at radius 2 is 0.727 bits per heavy atom. The van der Waals surface area contributed by atoms with Gasteiger partial charge in [0.15, 0.2) is 0 Å². The molecule has 0 aromatic rings. The van der Waals surface area contributed by atoms with Gasteiger partial charge < -0.3 is 27.4 Å². The molecular weight excluding hydrogens is 286 g/mol. The first-order valence-electron chi connectivity index (χ1n) is 0.667. The van der Waals surface area contributed by atoms with Gasteiger partial charge in [-0.3, -0.25) is 0 Å². The monoisotopic (exact) mass is 297 g/mol. The van der Waals surface area contributed by atoms with Crippen LogP contribution in [0.2, 0.25) is 0 Å². The van der Waals surface area contributed by atoms with Crippen LogP contribution in [0.5, 0.6) is 0 Å². The Labute approximate surface area is 74.3 Å². The SMILES string of the molecule is O.O.O.O.O.O=[Se](=O)([O-])[O-].[Cu+2]. The molecule has 9 nitrogen and oxygen atoms in total. The maximum absolute atomic E-state index is 8.59. The minimum absolute atomic E-state index is 0. The van der Waals surface area contributed by atoms with E-state index in [4.69, 9.17) is 16.0 Å². The van der Waals surface area contributed by atoms with Crippen molar-refractivity contribution in [2.75, 3.05) is 0 Å². The summed E-state index contributed by atoms with van der Waals surface area (Å²) in [5.74, 6) is 0. The topological polar surface area (TPSA) is 238 Å². The van der Waals surface area contributed by atoms with Gasteiger partial charge in [0.1, 0.15) is 0 Å². The van der Waals surface area contributed by atoms with Crippen LogP contribution in [0.3, 0.4) is 0 Å². The van der Waals surface area contributed by atoms with E-state index in [1.807, 2.05) is 0 Å². The Balaban J connectivity index is -0.00000000533. The van der Waals surface area contributed by atoms with E-state index < -0.39 is 13.4 Å². The van der Waals surface area contributed by atoms with Crippen molar-refractivity contribution >= 4 is 13.4 Å². The summed E-state index contributed by atoms with van der Waals surface area (Å²) in [7, 11) is 0. The summed E-state index contributed by atoms with van der Waals surface area (Å²) in [5, 5.41) is 0. The van der Waals surface area contributed by atoms with Gasteiger partial charge in [0.25, 0.3) is 0 Å². The second kappa shape index (κ2) is 22.4. The molecule has 0 saturated carbocycles. The molecule has 0 aliphatic carbocycles. The predicted octanol–water partition coefficient (Wildman–Crippen LogP) is -7.12. The smallest absolute Gasteiger partial charge is 2.00 e. The maximum Gasteiger partial charge on any atom is 2.00 e. The predicted molar refractivity (Wildman–Crippen MR) is 25.2 cm³/mol. The standard InChI is InChI=1S/Cu.H2O4Se.5H2O/c;1-5(2,3)4;;;;;/h;(H2,1,2,3,4);5*1H2/q+2;;;;;;/p-2. The third-order valence-electron chi connectivity index (χ3n) is 0. The first-order chi connectivity index (χ1) is 2.00. The van der Waals surface area contributed by atoms with E-state index in [1.165, 1.54) is 0 Å². The average molecular weight is 297 g/mol. The van der Waals surface area contributed by atoms with Crippen LogP contribution in [0.25, 0.3) is 0 Å². The fraction of sp³-hybridized carbons (Fsp3) is 0. The summed E-state index contributed by atoms with van der Waals surface area (Å²) < 4.78 is 34.4. The van der Waals surface area contributed by atoms with Crippen LogP contribution in [0.1, 0.15) is 0 Å². The van der Waals surface area contributed by atoms with Gasteiger partial charge in [-0.25, -0.2) is 0 Å². The van der Waals surface area contributed by atoms with E-state index in [-0.39, 0.29) is 44.4 Å². The Morgan fingerprint density at radius 1 is 0.727 bits per heavy atom. The summed E-state index contributed by atoms with van der Waals surface area (Å²) in [4.78, 5) is 0. The van der Waals surface area contributed by atoms with E-state index in [0.717, 1.165) is 0 Å². The second-order valence-corrected chi connectivity index (χ2v) is 2.12. The minimum atomic E-state index is -5.75. The average Bonchev–Trinajstić information content (AvgIpc) is 0.722. The molecule has 0 aromatic heterocycles. The number of rotatable bonds is 0. The number of hydrogen-bond donors (Lipinski definition) is 0. The van der Waals surface area contributed by atoms with Crippen molar-refractivity contribution < 1.29 is 60.5 Å². The minimum Gasteiger partial charge on any atom is 2.00 e. The summed E-state index contributed by atoms with van der Waals surface area (Å²) in [5.41, 5.74) is 0. The molecule has 11 heteroatoms. The molecule has 0 aliphatic heterocycles. The van der Waals surface area contributed by atoms with Crippen molar-refractivity contribution in [1.82, 2.24) is 0 Å². The molecule has 0 fully saturated rings. The van der Waals surface area contributed by atoms with Crippen molar-refractivity contribution in [1.29, 1.82) is 0 Å². The van der Waals surface area contributed by atoms with Gasteiger partial charge in [-0.15, -0.1) is 0 Å². The molecule has 0 heterocycles. The molecule has 81 valence electrons. The third kappa shape index (κ3) is 5620. The molecule has 11 heavy (non-hydrogen) atoms. The molecule has 1 radical (unpaired) electrons. The van der Waals surface area contributed by atoms with Crippen LogP contribution in [0, 0.1) is 0 Å². The van der Waals surface area contributed by atoms with Gasteiger partial charge in [0.2, 0.25) is 0 Å².